The van der Waals surface area contributed by atoms with Crippen LogP contribution in [-0.4, -0.2) is 43.1 Å². The molecule has 1 saturated heterocycles. The smallest absolute Gasteiger partial charge is 0.0811 e. The quantitative estimate of drug-likeness (QED) is 0.905. The molecule has 2 atom stereocenters. The first kappa shape index (κ1) is 15.1. The van der Waals surface area contributed by atoms with E-state index >= 15 is 0 Å². The Morgan fingerprint density at radius 3 is 3.09 bits per heavy atom. The largest absolute Gasteiger partial charge is 0.383 e. The second kappa shape index (κ2) is 5.89. The fraction of sp³-hybridized carbons (Fsp3) is 0.500. The van der Waals surface area contributed by atoms with Gasteiger partial charge in [-0.15, -0.1) is 11.3 Å². The van der Waals surface area contributed by atoms with Crippen LogP contribution >= 0.6 is 11.3 Å². The first-order valence-electron chi connectivity index (χ1n) is 8.38. The number of thiazole rings is 1. The third-order valence-corrected chi connectivity index (χ3v) is 6.16. The van der Waals surface area contributed by atoms with Crippen molar-refractivity contribution in [2.45, 2.75) is 30.8 Å². The normalized spacial score (nSPS) is 27.1. The van der Waals surface area contributed by atoms with Crippen molar-refractivity contribution in [1.29, 1.82) is 0 Å². The molecule has 23 heavy (non-hydrogen) atoms. The van der Waals surface area contributed by atoms with E-state index in [1.54, 1.807) is 11.3 Å². The number of benzene rings is 1. The molecule has 0 bridgehead atoms. The van der Waals surface area contributed by atoms with Crippen LogP contribution in [0.3, 0.4) is 0 Å². The maximum Gasteiger partial charge on any atom is 0.0811 e. The first-order valence-corrected chi connectivity index (χ1v) is 9.32. The molecule has 0 saturated carbocycles. The number of fused-ring (bicyclic) bond motifs is 1. The first-order chi connectivity index (χ1) is 11.2. The van der Waals surface area contributed by atoms with E-state index in [4.69, 9.17) is 0 Å². The second-order valence-electron chi connectivity index (χ2n) is 6.80. The minimum absolute atomic E-state index is 0.0185. The van der Waals surface area contributed by atoms with Crippen molar-refractivity contribution in [2.75, 3.05) is 32.5 Å². The summed E-state index contributed by atoms with van der Waals surface area (Å²) in [6.45, 7) is 2.19. The standard InChI is InChI=1S/C18H24N4S/c1-19-18(9-14-4-3-7-22(14)2)11-20-16-6-5-13(8-15(16)18)17-10-23-12-21-17/h5-6,8,10,12,14,19-20H,3-4,7,9,11H2,1-2H3/t14-,18?/m1/s1. The van der Waals surface area contributed by atoms with Gasteiger partial charge in [0.05, 0.1) is 16.7 Å². The molecule has 2 aliphatic heterocycles. The fourth-order valence-corrected chi connectivity index (χ4v) is 4.66. The van der Waals surface area contributed by atoms with Gasteiger partial charge in [-0.1, -0.05) is 6.07 Å². The van der Waals surface area contributed by atoms with Crippen LogP contribution in [-0.2, 0) is 5.54 Å². The Kier molecular flexibility index (Phi) is 3.87. The summed E-state index contributed by atoms with van der Waals surface area (Å²) in [6.07, 6.45) is 3.78. The van der Waals surface area contributed by atoms with Gasteiger partial charge in [-0.05, 0) is 57.6 Å². The number of aromatic nitrogens is 1. The lowest BCUT2D eigenvalue weighted by molar-refractivity contribution is 0.227. The lowest BCUT2D eigenvalue weighted by Crippen LogP contribution is -2.46. The summed E-state index contributed by atoms with van der Waals surface area (Å²) < 4.78 is 0. The van der Waals surface area contributed by atoms with E-state index in [0.717, 1.165) is 18.7 Å². The van der Waals surface area contributed by atoms with E-state index in [2.05, 4.69) is 58.2 Å². The van der Waals surface area contributed by atoms with Crippen LogP contribution in [0.25, 0.3) is 11.3 Å². The number of nitrogens with one attached hydrogen (secondary N) is 2. The van der Waals surface area contributed by atoms with Gasteiger partial charge in [0.2, 0.25) is 0 Å². The highest BCUT2D eigenvalue weighted by atomic mass is 32.1. The van der Waals surface area contributed by atoms with Gasteiger partial charge in [-0.2, -0.15) is 0 Å². The third-order valence-electron chi connectivity index (χ3n) is 5.58. The van der Waals surface area contributed by atoms with Crippen LogP contribution in [0, 0.1) is 0 Å². The minimum atomic E-state index is 0.0185. The topological polar surface area (TPSA) is 40.2 Å². The number of hydrogen-bond acceptors (Lipinski definition) is 5. The summed E-state index contributed by atoms with van der Waals surface area (Å²) in [5, 5.41) is 9.37. The Labute approximate surface area is 141 Å². The molecule has 122 valence electrons. The van der Waals surface area contributed by atoms with Crippen molar-refractivity contribution in [2.24, 2.45) is 0 Å². The molecular formula is C18H24N4S. The predicted molar refractivity (Wildman–Crippen MR) is 97.0 cm³/mol. The van der Waals surface area contributed by atoms with Gasteiger partial charge in [-0.3, -0.25) is 0 Å². The number of hydrogen-bond donors (Lipinski definition) is 2. The molecule has 0 amide bonds. The average Bonchev–Trinajstić information content (AvgIpc) is 3.30. The molecule has 4 rings (SSSR count). The van der Waals surface area contributed by atoms with Gasteiger partial charge in [-0.25, -0.2) is 4.98 Å². The lowest BCUT2D eigenvalue weighted by Gasteiger charge is -2.34. The summed E-state index contributed by atoms with van der Waals surface area (Å²) in [6, 6.07) is 7.38. The molecule has 1 aromatic heterocycles. The molecule has 1 aromatic carbocycles. The Morgan fingerprint density at radius 1 is 1.48 bits per heavy atom. The molecule has 5 heteroatoms. The molecular weight excluding hydrogens is 304 g/mol. The predicted octanol–water partition coefficient (Wildman–Crippen LogP) is 3.13. The van der Waals surface area contributed by atoms with Gasteiger partial charge in [0.15, 0.2) is 0 Å². The lowest BCUT2D eigenvalue weighted by atomic mass is 9.84. The van der Waals surface area contributed by atoms with Crippen molar-refractivity contribution in [3.63, 3.8) is 0 Å². The van der Waals surface area contributed by atoms with Crippen molar-refractivity contribution < 1.29 is 0 Å². The minimum Gasteiger partial charge on any atom is -0.383 e. The Morgan fingerprint density at radius 2 is 2.39 bits per heavy atom. The third kappa shape index (κ3) is 2.57. The highest BCUT2D eigenvalue weighted by molar-refractivity contribution is 7.07. The van der Waals surface area contributed by atoms with Gasteiger partial charge >= 0.3 is 0 Å². The number of rotatable bonds is 4. The summed E-state index contributed by atoms with van der Waals surface area (Å²) in [5.41, 5.74) is 6.87. The van der Waals surface area contributed by atoms with Crippen molar-refractivity contribution >= 4 is 17.0 Å². The van der Waals surface area contributed by atoms with Crippen molar-refractivity contribution in [3.8, 4) is 11.3 Å². The highest BCUT2D eigenvalue weighted by Gasteiger charge is 2.41. The molecule has 1 unspecified atom stereocenters. The summed E-state index contributed by atoms with van der Waals surface area (Å²) in [4.78, 5) is 6.99. The van der Waals surface area contributed by atoms with Gasteiger partial charge < -0.3 is 15.5 Å². The van der Waals surface area contributed by atoms with Crippen LogP contribution in [0.4, 0.5) is 5.69 Å². The second-order valence-corrected chi connectivity index (χ2v) is 7.52. The van der Waals surface area contributed by atoms with E-state index in [1.807, 2.05) is 5.51 Å². The maximum absolute atomic E-state index is 4.47. The molecule has 3 heterocycles. The van der Waals surface area contributed by atoms with Gasteiger partial charge in [0, 0.05) is 29.2 Å². The molecule has 2 N–H and O–H groups in total. The summed E-state index contributed by atoms with van der Waals surface area (Å²) >= 11 is 1.65. The van der Waals surface area contributed by atoms with Crippen molar-refractivity contribution in [1.82, 2.24) is 15.2 Å². The van der Waals surface area contributed by atoms with Gasteiger partial charge in [0.1, 0.15) is 0 Å². The van der Waals surface area contributed by atoms with E-state index in [0.29, 0.717) is 6.04 Å². The Bertz CT molecular complexity index is 684. The Hall–Kier alpha value is -1.43. The summed E-state index contributed by atoms with van der Waals surface area (Å²) in [5.74, 6) is 0. The average molecular weight is 328 g/mol. The number of anilines is 1. The van der Waals surface area contributed by atoms with E-state index in [-0.39, 0.29) is 5.54 Å². The van der Waals surface area contributed by atoms with Crippen LogP contribution in [0.5, 0.6) is 0 Å². The highest BCUT2D eigenvalue weighted by Crippen LogP contribution is 2.41. The zero-order valence-electron chi connectivity index (χ0n) is 13.8. The molecule has 0 radical (unpaired) electrons. The van der Waals surface area contributed by atoms with E-state index in [1.165, 1.54) is 36.2 Å². The number of nitrogens with zero attached hydrogens (tertiary/aromatic N) is 2. The van der Waals surface area contributed by atoms with Gasteiger partial charge in [0.25, 0.3) is 0 Å². The molecule has 0 aliphatic carbocycles. The molecule has 1 fully saturated rings. The van der Waals surface area contributed by atoms with Crippen LogP contribution in [0.2, 0.25) is 0 Å². The van der Waals surface area contributed by atoms with Crippen LogP contribution in [0.1, 0.15) is 24.8 Å². The zero-order chi connectivity index (χ0) is 15.9. The molecule has 4 nitrogen and oxygen atoms in total. The van der Waals surface area contributed by atoms with Crippen LogP contribution in [0.15, 0.2) is 29.1 Å². The monoisotopic (exact) mass is 328 g/mol. The zero-order valence-corrected chi connectivity index (χ0v) is 14.6. The molecule has 2 aliphatic rings. The van der Waals surface area contributed by atoms with E-state index < -0.39 is 0 Å². The molecule has 0 spiro atoms. The van der Waals surface area contributed by atoms with Crippen LogP contribution < -0.4 is 10.6 Å². The number of likely N-dealkylation sites (tertiary alicyclic amines) is 1. The fourth-order valence-electron chi connectivity index (χ4n) is 4.10. The van der Waals surface area contributed by atoms with Crippen molar-refractivity contribution in [3.05, 3.63) is 34.7 Å². The maximum atomic E-state index is 4.47. The SMILES string of the molecule is CNC1(C[C@H]2CCCN2C)CNc2ccc(-c3cscn3)cc21. The Balaban J connectivity index is 1.70. The number of likely N-dealkylation sites (N-methyl/N-ethyl adjacent to an activating group) is 1. The molecule has 2 aromatic rings. The van der Waals surface area contributed by atoms with E-state index in [9.17, 15) is 0 Å². The summed E-state index contributed by atoms with van der Waals surface area (Å²) in [7, 11) is 4.36.